The van der Waals surface area contributed by atoms with Crippen LogP contribution in [0, 0.1) is 0 Å². The molecule has 1 fully saturated rings. The van der Waals surface area contributed by atoms with Crippen molar-refractivity contribution >= 4 is 27.6 Å². The minimum atomic E-state index is -3.50. The summed E-state index contributed by atoms with van der Waals surface area (Å²) in [6.07, 6.45) is 2.63. The number of carbonyl (C=O) groups is 2. The molecule has 2 N–H and O–H groups in total. The highest BCUT2D eigenvalue weighted by Gasteiger charge is 2.30. The van der Waals surface area contributed by atoms with Crippen LogP contribution in [-0.4, -0.2) is 53.9 Å². The number of rotatable bonds is 10. The topological polar surface area (TPSA) is 135 Å². The second-order valence-corrected chi connectivity index (χ2v) is 11.6. The molecule has 4 aromatic rings. The number of anilines is 1. The fourth-order valence-corrected chi connectivity index (χ4v) is 6.06. The number of pyridine rings is 1. The van der Waals surface area contributed by atoms with Gasteiger partial charge in [0.2, 0.25) is 21.8 Å². The number of carboxylic acid groups (broad SMARTS) is 1. The van der Waals surface area contributed by atoms with Crippen molar-refractivity contribution in [3.8, 4) is 17.4 Å². The molecule has 11 heteroatoms. The molecule has 0 bridgehead atoms. The molecule has 216 valence electrons. The quantitative estimate of drug-likeness (QED) is 0.265. The van der Waals surface area contributed by atoms with Crippen molar-refractivity contribution in [2.45, 2.75) is 30.3 Å². The van der Waals surface area contributed by atoms with Crippen molar-refractivity contribution < 1.29 is 32.6 Å². The number of para-hydroxylation sites is 1. The molecule has 2 heterocycles. The molecule has 5 rings (SSSR count). The van der Waals surface area contributed by atoms with Crippen LogP contribution in [0.15, 0.2) is 102 Å². The number of nitrogens with one attached hydrogen (secondary N) is 1. The van der Waals surface area contributed by atoms with Gasteiger partial charge in [-0.2, -0.15) is 4.31 Å². The number of hydrogen-bond donors (Lipinski definition) is 2. The fraction of sp³-hybridized carbons (Fsp3) is 0.194. The van der Waals surface area contributed by atoms with Crippen molar-refractivity contribution in [2.75, 3.05) is 18.4 Å². The standard InChI is InChI=1S/C31H29N3O7S/c35-29(33-28-9-5-4-8-27(28)31(36)37)20-22-10-15-30(32-21-22)41-24-13-11-23(12-14-24)40-25-16-18-34(19-17-25)42(38,39)26-6-2-1-3-7-26/h1-15,21,25H,16-20H2,(H,33,35)(H,36,37). The lowest BCUT2D eigenvalue weighted by atomic mass is 10.1. The van der Waals surface area contributed by atoms with Gasteiger partial charge in [-0.1, -0.05) is 36.4 Å². The van der Waals surface area contributed by atoms with Gasteiger partial charge in [0.15, 0.2) is 0 Å². The second kappa shape index (κ2) is 12.8. The fourth-order valence-electron chi connectivity index (χ4n) is 4.57. The Labute approximate surface area is 243 Å². The van der Waals surface area contributed by atoms with E-state index in [0.29, 0.717) is 53.8 Å². The predicted molar refractivity (Wildman–Crippen MR) is 155 cm³/mol. The number of benzene rings is 3. The largest absolute Gasteiger partial charge is 0.490 e. The second-order valence-electron chi connectivity index (χ2n) is 9.69. The highest BCUT2D eigenvalue weighted by Crippen LogP contribution is 2.27. The van der Waals surface area contributed by atoms with Crippen LogP contribution in [0.3, 0.4) is 0 Å². The van der Waals surface area contributed by atoms with E-state index in [9.17, 15) is 23.1 Å². The van der Waals surface area contributed by atoms with E-state index in [1.54, 1.807) is 78.9 Å². The number of amides is 1. The predicted octanol–water partition coefficient (Wildman–Crippen LogP) is 4.99. The summed E-state index contributed by atoms with van der Waals surface area (Å²) in [6, 6.07) is 25.1. The normalized spacial score (nSPS) is 14.2. The van der Waals surface area contributed by atoms with E-state index in [-0.39, 0.29) is 29.7 Å². The van der Waals surface area contributed by atoms with E-state index in [1.165, 1.54) is 22.6 Å². The minimum absolute atomic E-state index is 0.0174. The number of hydrogen-bond acceptors (Lipinski definition) is 7. The molecular weight excluding hydrogens is 558 g/mol. The monoisotopic (exact) mass is 587 g/mol. The first-order chi connectivity index (χ1) is 20.3. The molecular formula is C31H29N3O7S. The van der Waals surface area contributed by atoms with E-state index in [1.807, 2.05) is 0 Å². The molecule has 1 aliphatic heterocycles. The average molecular weight is 588 g/mol. The summed E-state index contributed by atoms with van der Waals surface area (Å²) >= 11 is 0. The van der Waals surface area contributed by atoms with E-state index in [0.717, 1.165) is 0 Å². The maximum Gasteiger partial charge on any atom is 0.337 e. The molecule has 42 heavy (non-hydrogen) atoms. The number of nitrogens with zero attached hydrogens (tertiary/aromatic N) is 2. The molecule has 0 saturated carbocycles. The lowest BCUT2D eigenvalue weighted by Gasteiger charge is -2.31. The van der Waals surface area contributed by atoms with Crippen LogP contribution in [0.25, 0.3) is 0 Å². The molecule has 0 atom stereocenters. The van der Waals surface area contributed by atoms with Gasteiger partial charge in [-0.05, 0) is 66.9 Å². The minimum Gasteiger partial charge on any atom is -0.490 e. The number of sulfonamides is 1. The van der Waals surface area contributed by atoms with Crippen molar-refractivity contribution in [2.24, 2.45) is 0 Å². The summed E-state index contributed by atoms with van der Waals surface area (Å²) in [6.45, 7) is 0.782. The molecule has 1 aliphatic rings. The Bertz CT molecular complexity index is 1640. The highest BCUT2D eigenvalue weighted by molar-refractivity contribution is 7.89. The summed E-state index contributed by atoms with van der Waals surface area (Å²) < 4.78 is 39.1. The Morgan fingerprint density at radius 3 is 2.21 bits per heavy atom. The molecule has 3 aromatic carbocycles. The van der Waals surface area contributed by atoms with Gasteiger partial charge in [-0.15, -0.1) is 0 Å². The Hall–Kier alpha value is -4.74. The zero-order valence-corrected chi connectivity index (χ0v) is 23.4. The molecule has 1 aromatic heterocycles. The zero-order chi connectivity index (χ0) is 29.5. The van der Waals surface area contributed by atoms with Crippen molar-refractivity contribution in [3.63, 3.8) is 0 Å². The van der Waals surface area contributed by atoms with Gasteiger partial charge in [-0.3, -0.25) is 4.79 Å². The van der Waals surface area contributed by atoms with Crippen molar-refractivity contribution in [1.82, 2.24) is 9.29 Å². The van der Waals surface area contributed by atoms with Crippen LogP contribution in [0.4, 0.5) is 5.69 Å². The van der Waals surface area contributed by atoms with Gasteiger partial charge in [0.05, 0.1) is 22.6 Å². The van der Waals surface area contributed by atoms with Crippen LogP contribution in [0.5, 0.6) is 17.4 Å². The van der Waals surface area contributed by atoms with Crippen molar-refractivity contribution in [3.05, 3.63) is 108 Å². The number of carbonyl (C=O) groups excluding carboxylic acids is 1. The molecule has 0 aliphatic carbocycles. The third-order valence-electron chi connectivity index (χ3n) is 6.72. The zero-order valence-electron chi connectivity index (χ0n) is 22.5. The summed E-state index contributed by atoms with van der Waals surface area (Å²) in [4.78, 5) is 28.3. The van der Waals surface area contributed by atoms with E-state index >= 15 is 0 Å². The molecule has 1 amide bonds. The lowest BCUT2D eigenvalue weighted by Crippen LogP contribution is -2.41. The van der Waals surface area contributed by atoms with Crippen LogP contribution < -0.4 is 14.8 Å². The van der Waals surface area contributed by atoms with Gasteiger partial charge < -0.3 is 19.9 Å². The van der Waals surface area contributed by atoms with Gasteiger partial charge in [0.1, 0.15) is 17.6 Å². The maximum absolute atomic E-state index is 12.8. The Morgan fingerprint density at radius 1 is 0.881 bits per heavy atom. The number of ether oxygens (including phenoxy) is 2. The smallest absolute Gasteiger partial charge is 0.337 e. The Morgan fingerprint density at radius 2 is 1.55 bits per heavy atom. The summed E-state index contributed by atoms with van der Waals surface area (Å²) in [5, 5.41) is 11.9. The van der Waals surface area contributed by atoms with Crippen molar-refractivity contribution in [1.29, 1.82) is 0 Å². The summed E-state index contributed by atoms with van der Waals surface area (Å²) in [5.74, 6) is 0.0698. The molecule has 0 spiro atoms. The van der Waals surface area contributed by atoms with Gasteiger partial charge >= 0.3 is 5.97 Å². The van der Waals surface area contributed by atoms with Gasteiger partial charge in [-0.25, -0.2) is 18.2 Å². The third kappa shape index (κ3) is 7.12. The van der Waals surface area contributed by atoms with Gasteiger partial charge in [0, 0.05) is 25.4 Å². The van der Waals surface area contributed by atoms with Crippen LogP contribution >= 0.6 is 0 Å². The Kier molecular flexibility index (Phi) is 8.80. The SMILES string of the molecule is O=C(Cc1ccc(Oc2ccc(OC3CCN(S(=O)(=O)c4ccccc4)CC3)cc2)nc1)Nc1ccccc1C(=O)O. The highest BCUT2D eigenvalue weighted by atomic mass is 32.2. The van der Waals surface area contributed by atoms with E-state index < -0.39 is 16.0 Å². The summed E-state index contributed by atoms with van der Waals surface area (Å²) in [5.41, 5.74) is 0.889. The van der Waals surface area contributed by atoms with Crippen LogP contribution in [0.2, 0.25) is 0 Å². The third-order valence-corrected chi connectivity index (χ3v) is 8.64. The molecule has 1 saturated heterocycles. The van der Waals surface area contributed by atoms with E-state index in [2.05, 4.69) is 10.3 Å². The maximum atomic E-state index is 12.8. The number of aromatic carboxylic acids is 1. The average Bonchev–Trinajstić information content (AvgIpc) is 3.00. The molecule has 0 radical (unpaired) electrons. The lowest BCUT2D eigenvalue weighted by molar-refractivity contribution is -0.115. The van der Waals surface area contributed by atoms with Crippen LogP contribution in [0.1, 0.15) is 28.8 Å². The molecule has 10 nitrogen and oxygen atoms in total. The first-order valence-corrected chi connectivity index (χ1v) is 14.8. The van der Waals surface area contributed by atoms with Gasteiger partial charge in [0.25, 0.3) is 0 Å². The first-order valence-electron chi connectivity index (χ1n) is 13.3. The van der Waals surface area contributed by atoms with Crippen LogP contribution in [-0.2, 0) is 21.2 Å². The summed E-state index contributed by atoms with van der Waals surface area (Å²) in [7, 11) is -3.50. The number of carboxylic acids is 1. The number of piperidine rings is 1. The first kappa shape index (κ1) is 28.8. The molecule has 0 unspecified atom stereocenters. The van der Waals surface area contributed by atoms with E-state index in [4.69, 9.17) is 9.47 Å². The Balaban J connectivity index is 1.09. The number of aromatic nitrogens is 1.